The van der Waals surface area contributed by atoms with Gasteiger partial charge in [0, 0.05) is 6.54 Å². The van der Waals surface area contributed by atoms with Crippen molar-refractivity contribution in [2.24, 2.45) is 0 Å². The Bertz CT molecular complexity index is 854. The lowest BCUT2D eigenvalue weighted by atomic mass is 10.1. The summed E-state index contributed by atoms with van der Waals surface area (Å²) in [6, 6.07) is 9.06. The van der Waals surface area contributed by atoms with Gasteiger partial charge >= 0.3 is 0 Å². The maximum Gasteiger partial charge on any atom is 0.254 e. The molecule has 0 aliphatic carbocycles. The highest BCUT2D eigenvalue weighted by molar-refractivity contribution is 7.89. The molecule has 0 aliphatic rings. The predicted octanol–water partition coefficient (Wildman–Crippen LogP) is 1.85. The number of amides is 1. The highest BCUT2D eigenvalue weighted by Crippen LogP contribution is 2.15. The molecule has 0 saturated carbocycles. The summed E-state index contributed by atoms with van der Waals surface area (Å²) >= 11 is 0. The fourth-order valence-corrected chi connectivity index (χ4v) is 2.83. The first-order chi connectivity index (χ1) is 11.3. The molecule has 0 bridgehead atoms. The van der Waals surface area contributed by atoms with Gasteiger partial charge in [0.2, 0.25) is 10.0 Å². The third kappa shape index (κ3) is 4.15. The average molecular weight is 354 g/mol. The maximum atomic E-state index is 13.8. The highest BCUT2D eigenvalue weighted by atomic mass is 32.2. The lowest BCUT2D eigenvalue weighted by Crippen LogP contribution is -2.27. The van der Waals surface area contributed by atoms with Crippen molar-refractivity contribution in [3.63, 3.8) is 0 Å². The topological polar surface area (TPSA) is 75.3 Å². The van der Waals surface area contributed by atoms with E-state index in [-0.39, 0.29) is 29.2 Å². The molecule has 8 heteroatoms. The molecule has 1 amide bonds. The monoisotopic (exact) mass is 354 g/mol. The van der Waals surface area contributed by atoms with E-state index in [1.165, 1.54) is 13.1 Å². The Kier molecular flexibility index (Phi) is 5.63. The normalized spacial score (nSPS) is 11.3. The van der Waals surface area contributed by atoms with Gasteiger partial charge in [0.15, 0.2) is 0 Å². The molecule has 0 aliphatic heterocycles. The summed E-state index contributed by atoms with van der Waals surface area (Å²) in [4.78, 5) is 11.8. The van der Waals surface area contributed by atoms with E-state index in [0.29, 0.717) is 5.56 Å². The van der Waals surface area contributed by atoms with Crippen molar-refractivity contribution < 1.29 is 22.0 Å². The van der Waals surface area contributed by atoms with E-state index in [1.54, 1.807) is 18.2 Å². The van der Waals surface area contributed by atoms with Gasteiger partial charge in [0.05, 0.1) is 10.5 Å². The molecule has 128 valence electrons. The van der Waals surface area contributed by atoms with Crippen LogP contribution in [-0.2, 0) is 16.4 Å². The van der Waals surface area contributed by atoms with E-state index in [1.807, 2.05) is 0 Å². The molecule has 2 N–H and O–H groups in total. The second kappa shape index (κ2) is 7.50. The number of hydrogen-bond donors (Lipinski definition) is 2. The Morgan fingerprint density at radius 2 is 1.79 bits per heavy atom. The van der Waals surface area contributed by atoms with Crippen molar-refractivity contribution >= 4 is 15.9 Å². The summed E-state index contributed by atoms with van der Waals surface area (Å²) in [7, 11) is -2.57. The summed E-state index contributed by atoms with van der Waals surface area (Å²) < 4.78 is 52.8. The van der Waals surface area contributed by atoms with Crippen LogP contribution in [0.1, 0.15) is 15.9 Å². The van der Waals surface area contributed by atoms with Crippen LogP contribution in [0.3, 0.4) is 0 Å². The molecule has 0 radical (unpaired) electrons. The Hall–Kier alpha value is -2.32. The van der Waals surface area contributed by atoms with E-state index in [0.717, 1.165) is 18.2 Å². The van der Waals surface area contributed by atoms with Crippen LogP contribution in [0.25, 0.3) is 0 Å². The van der Waals surface area contributed by atoms with Crippen LogP contribution in [0.4, 0.5) is 8.78 Å². The minimum atomic E-state index is -3.79. The minimum absolute atomic E-state index is 0.0855. The van der Waals surface area contributed by atoms with E-state index >= 15 is 0 Å². The van der Waals surface area contributed by atoms with Crippen molar-refractivity contribution in [3.05, 3.63) is 65.2 Å². The molecule has 2 aromatic rings. The number of rotatable bonds is 6. The van der Waals surface area contributed by atoms with Gasteiger partial charge in [0.1, 0.15) is 11.6 Å². The van der Waals surface area contributed by atoms with E-state index in [2.05, 4.69) is 10.0 Å². The van der Waals surface area contributed by atoms with Crippen molar-refractivity contribution in [2.75, 3.05) is 13.6 Å². The van der Waals surface area contributed by atoms with Gasteiger partial charge in [-0.3, -0.25) is 4.79 Å². The number of nitrogens with one attached hydrogen (secondary N) is 2. The van der Waals surface area contributed by atoms with Crippen molar-refractivity contribution in [1.29, 1.82) is 0 Å². The summed E-state index contributed by atoms with van der Waals surface area (Å²) in [5.74, 6) is -1.99. The first kappa shape index (κ1) is 18.0. The molecule has 0 heterocycles. The van der Waals surface area contributed by atoms with Crippen molar-refractivity contribution in [2.45, 2.75) is 11.3 Å². The van der Waals surface area contributed by atoms with Crippen LogP contribution < -0.4 is 10.0 Å². The van der Waals surface area contributed by atoms with Crippen LogP contribution in [0.15, 0.2) is 47.4 Å². The first-order valence-electron chi connectivity index (χ1n) is 7.10. The lowest BCUT2D eigenvalue weighted by Gasteiger charge is -2.09. The van der Waals surface area contributed by atoms with Gasteiger partial charge in [-0.2, -0.15) is 0 Å². The van der Waals surface area contributed by atoms with Crippen LogP contribution in [0.5, 0.6) is 0 Å². The smallest absolute Gasteiger partial charge is 0.254 e. The Balaban J connectivity index is 2.10. The summed E-state index contributed by atoms with van der Waals surface area (Å²) in [5, 5.41) is 2.45. The van der Waals surface area contributed by atoms with E-state index in [9.17, 15) is 22.0 Å². The molecule has 24 heavy (non-hydrogen) atoms. The van der Waals surface area contributed by atoms with Crippen LogP contribution in [0, 0.1) is 11.6 Å². The lowest BCUT2D eigenvalue weighted by molar-refractivity contribution is 0.0949. The SMILES string of the molecule is CNS(=O)(=O)c1ccc(F)c(C(=O)NCCc2ccccc2F)c1. The maximum absolute atomic E-state index is 13.8. The molecule has 2 rings (SSSR count). The molecule has 0 unspecified atom stereocenters. The molecule has 2 aromatic carbocycles. The number of carbonyl (C=O) groups is 1. The Morgan fingerprint density at radius 1 is 1.08 bits per heavy atom. The second-order valence-electron chi connectivity index (χ2n) is 4.95. The Morgan fingerprint density at radius 3 is 2.46 bits per heavy atom. The van der Waals surface area contributed by atoms with E-state index < -0.39 is 21.7 Å². The molecule has 0 spiro atoms. The molecule has 0 fully saturated rings. The van der Waals surface area contributed by atoms with Crippen molar-refractivity contribution in [3.8, 4) is 0 Å². The standard InChI is InChI=1S/C16H16F2N2O3S/c1-19-24(22,23)12-6-7-15(18)13(10-12)16(21)20-9-8-11-4-2-3-5-14(11)17/h2-7,10,19H,8-9H2,1H3,(H,20,21). The van der Waals surface area contributed by atoms with Gasteiger partial charge in [-0.15, -0.1) is 0 Å². The number of sulfonamides is 1. The van der Waals surface area contributed by atoms with E-state index in [4.69, 9.17) is 0 Å². The average Bonchev–Trinajstić information content (AvgIpc) is 2.56. The van der Waals surface area contributed by atoms with Crippen molar-refractivity contribution in [1.82, 2.24) is 10.0 Å². The van der Waals surface area contributed by atoms with Gasteiger partial charge in [-0.25, -0.2) is 21.9 Å². The quantitative estimate of drug-likeness (QED) is 0.831. The predicted molar refractivity (Wildman–Crippen MR) is 85.1 cm³/mol. The summed E-state index contributed by atoms with van der Waals surface area (Å²) in [6.45, 7) is 0.0855. The zero-order valence-electron chi connectivity index (χ0n) is 12.8. The number of benzene rings is 2. The number of carbonyl (C=O) groups excluding carboxylic acids is 1. The van der Waals surface area contributed by atoms with Gasteiger partial charge < -0.3 is 5.32 Å². The molecular formula is C16H16F2N2O3S. The molecule has 0 saturated heterocycles. The van der Waals surface area contributed by atoms with Crippen LogP contribution in [-0.4, -0.2) is 27.9 Å². The van der Waals surface area contributed by atoms with Gasteiger partial charge in [0.25, 0.3) is 5.91 Å². The zero-order chi connectivity index (χ0) is 17.7. The highest BCUT2D eigenvalue weighted by Gasteiger charge is 2.18. The minimum Gasteiger partial charge on any atom is -0.352 e. The van der Waals surface area contributed by atoms with Gasteiger partial charge in [-0.05, 0) is 43.3 Å². The Labute approximate surface area is 138 Å². The number of halogens is 2. The largest absolute Gasteiger partial charge is 0.352 e. The fourth-order valence-electron chi connectivity index (χ4n) is 2.07. The third-order valence-corrected chi connectivity index (χ3v) is 4.81. The number of hydrogen-bond acceptors (Lipinski definition) is 3. The molecule has 0 aromatic heterocycles. The van der Waals surface area contributed by atoms with Gasteiger partial charge in [-0.1, -0.05) is 18.2 Å². The fraction of sp³-hybridized carbons (Fsp3) is 0.188. The summed E-state index contributed by atoms with van der Waals surface area (Å²) in [5.41, 5.74) is 0.0321. The molecule has 5 nitrogen and oxygen atoms in total. The van der Waals surface area contributed by atoms with Crippen LogP contribution in [0.2, 0.25) is 0 Å². The molecule has 0 atom stereocenters. The van der Waals surface area contributed by atoms with Crippen LogP contribution >= 0.6 is 0 Å². The molecular weight excluding hydrogens is 338 g/mol. The zero-order valence-corrected chi connectivity index (χ0v) is 13.7. The third-order valence-electron chi connectivity index (χ3n) is 3.40. The summed E-state index contributed by atoms with van der Waals surface area (Å²) in [6.07, 6.45) is 0.231. The first-order valence-corrected chi connectivity index (χ1v) is 8.58. The second-order valence-corrected chi connectivity index (χ2v) is 6.83.